The summed E-state index contributed by atoms with van der Waals surface area (Å²) in [5.74, 6) is -0.301. The average molecular weight is 466 g/mol. The minimum Gasteiger partial charge on any atom is -0.480 e. The van der Waals surface area contributed by atoms with E-state index in [4.69, 9.17) is 10.8 Å². The number of benzene rings is 3. The summed E-state index contributed by atoms with van der Waals surface area (Å²) in [6.45, 7) is 3.75. The molecule has 2 heterocycles. The lowest BCUT2D eigenvalue weighted by Gasteiger charge is -2.09. The summed E-state index contributed by atoms with van der Waals surface area (Å²) in [5.41, 5.74) is 11.8. The molecule has 0 radical (unpaired) electrons. The number of carbonyl (C=O) groups is 1. The SMILES string of the molecule is CCn1c2ccccc2c2cc(CNc3cnc(-c4ccc(C[C@H](N)C(=O)O)cc4)cn3)ccc21. The number of aliphatic carboxylic acids is 1. The summed E-state index contributed by atoms with van der Waals surface area (Å²) in [5, 5.41) is 14.9. The lowest BCUT2D eigenvalue weighted by atomic mass is 10.0. The smallest absolute Gasteiger partial charge is 0.320 e. The number of hydrogen-bond donors (Lipinski definition) is 3. The van der Waals surface area contributed by atoms with Crippen molar-refractivity contribution in [2.45, 2.75) is 32.5 Å². The van der Waals surface area contributed by atoms with E-state index in [1.54, 1.807) is 12.4 Å². The lowest BCUT2D eigenvalue weighted by Crippen LogP contribution is -2.32. The molecule has 3 aromatic carbocycles. The molecule has 0 unspecified atom stereocenters. The second-order valence-corrected chi connectivity index (χ2v) is 8.60. The second kappa shape index (κ2) is 9.56. The summed E-state index contributed by atoms with van der Waals surface area (Å²) < 4.78 is 2.35. The van der Waals surface area contributed by atoms with Crippen LogP contribution in [0.2, 0.25) is 0 Å². The van der Waals surface area contributed by atoms with Gasteiger partial charge in [0.1, 0.15) is 11.9 Å². The number of aryl methyl sites for hydroxylation is 1. The van der Waals surface area contributed by atoms with Gasteiger partial charge in [-0.25, -0.2) is 4.98 Å². The van der Waals surface area contributed by atoms with Crippen LogP contribution >= 0.6 is 0 Å². The maximum absolute atomic E-state index is 10.9. The Hall–Kier alpha value is -4.23. The van der Waals surface area contributed by atoms with E-state index in [0.717, 1.165) is 23.4 Å². The molecule has 0 amide bonds. The topological polar surface area (TPSA) is 106 Å². The fraction of sp³-hybridized carbons (Fsp3) is 0.179. The van der Waals surface area contributed by atoms with Crippen LogP contribution in [-0.4, -0.2) is 31.7 Å². The highest BCUT2D eigenvalue weighted by Gasteiger charge is 2.12. The minimum absolute atomic E-state index is 0.287. The molecule has 2 aromatic heterocycles. The molecular weight excluding hydrogens is 438 g/mol. The predicted molar refractivity (Wildman–Crippen MR) is 139 cm³/mol. The molecule has 35 heavy (non-hydrogen) atoms. The molecule has 1 atom stereocenters. The number of nitrogens with zero attached hydrogens (tertiary/aromatic N) is 3. The van der Waals surface area contributed by atoms with E-state index in [2.05, 4.69) is 69.2 Å². The van der Waals surface area contributed by atoms with E-state index in [0.29, 0.717) is 12.4 Å². The monoisotopic (exact) mass is 465 g/mol. The van der Waals surface area contributed by atoms with Crippen LogP contribution in [-0.2, 0) is 24.3 Å². The standard InChI is InChI=1S/C28H27N5O2/c1-2-33-25-6-4-3-5-21(25)22-13-19(9-12-26(22)33)15-31-27-17-30-24(16-32-27)20-10-7-18(8-11-20)14-23(29)28(34)35/h3-13,16-17,23H,2,14-15,29H2,1H3,(H,31,32)(H,34,35)/t23-/m0/s1. The third-order valence-corrected chi connectivity index (χ3v) is 6.30. The van der Waals surface area contributed by atoms with Crippen LogP contribution in [0.4, 0.5) is 5.82 Å². The van der Waals surface area contributed by atoms with E-state index in [9.17, 15) is 4.79 Å². The zero-order valence-corrected chi connectivity index (χ0v) is 19.5. The molecule has 0 aliphatic heterocycles. The number of rotatable bonds is 8. The first-order valence-corrected chi connectivity index (χ1v) is 11.7. The van der Waals surface area contributed by atoms with Gasteiger partial charge in [-0.1, -0.05) is 48.5 Å². The van der Waals surface area contributed by atoms with Crippen molar-refractivity contribution < 1.29 is 9.90 Å². The first-order chi connectivity index (χ1) is 17.0. The maximum Gasteiger partial charge on any atom is 0.320 e. The summed E-state index contributed by atoms with van der Waals surface area (Å²) in [6, 6.07) is 21.8. The molecule has 4 N–H and O–H groups in total. The Labute approximate surface area is 203 Å². The normalized spacial score (nSPS) is 12.2. The predicted octanol–water partition coefficient (Wildman–Crippen LogP) is 4.84. The molecule has 0 saturated heterocycles. The molecule has 0 saturated carbocycles. The van der Waals surface area contributed by atoms with Crippen molar-refractivity contribution in [2.24, 2.45) is 5.73 Å². The largest absolute Gasteiger partial charge is 0.480 e. The number of para-hydroxylation sites is 1. The van der Waals surface area contributed by atoms with Crippen LogP contribution in [0.15, 0.2) is 79.1 Å². The Balaban J connectivity index is 1.28. The van der Waals surface area contributed by atoms with Gasteiger partial charge in [0, 0.05) is 40.5 Å². The number of carboxylic acid groups (broad SMARTS) is 1. The van der Waals surface area contributed by atoms with Gasteiger partial charge >= 0.3 is 5.97 Å². The highest BCUT2D eigenvalue weighted by Crippen LogP contribution is 2.30. The highest BCUT2D eigenvalue weighted by atomic mass is 16.4. The summed E-state index contributed by atoms with van der Waals surface area (Å²) in [7, 11) is 0. The van der Waals surface area contributed by atoms with Crippen molar-refractivity contribution >= 4 is 33.6 Å². The van der Waals surface area contributed by atoms with E-state index < -0.39 is 12.0 Å². The first-order valence-electron chi connectivity index (χ1n) is 11.7. The molecule has 5 aromatic rings. The number of carboxylic acids is 1. The number of anilines is 1. The third-order valence-electron chi connectivity index (χ3n) is 6.30. The van der Waals surface area contributed by atoms with Crippen molar-refractivity contribution in [1.29, 1.82) is 0 Å². The zero-order chi connectivity index (χ0) is 24.4. The molecule has 176 valence electrons. The van der Waals surface area contributed by atoms with Crippen molar-refractivity contribution in [3.05, 3.63) is 90.3 Å². The molecule has 7 nitrogen and oxygen atoms in total. The number of fused-ring (bicyclic) bond motifs is 3. The zero-order valence-electron chi connectivity index (χ0n) is 19.5. The minimum atomic E-state index is -1.00. The average Bonchev–Trinajstić information content (AvgIpc) is 3.21. The van der Waals surface area contributed by atoms with Gasteiger partial charge in [0.15, 0.2) is 0 Å². The molecule has 7 heteroatoms. The van der Waals surface area contributed by atoms with E-state index in [-0.39, 0.29) is 6.42 Å². The van der Waals surface area contributed by atoms with Gasteiger partial charge in [-0.15, -0.1) is 0 Å². The van der Waals surface area contributed by atoms with Crippen molar-refractivity contribution in [3.63, 3.8) is 0 Å². The van der Waals surface area contributed by atoms with Crippen molar-refractivity contribution in [1.82, 2.24) is 14.5 Å². The number of nitrogens with one attached hydrogen (secondary N) is 1. The summed E-state index contributed by atoms with van der Waals surface area (Å²) in [6.07, 6.45) is 3.75. The van der Waals surface area contributed by atoms with E-state index >= 15 is 0 Å². The summed E-state index contributed by atoms with van der Waals surface area (Å²) in [4.78, 5) is 20.0. The van der Waals surface area contributed by atoms with E-state index in [1.807, 2.05) is 24.3 Å². The van der Waals surface area contributed by atoms with E-state index in [1.165, 1.54) is 27.4 Å². The molecule has 0 bridgehead atoms. The van der Waals surface area contributed by atoms with Gasteiger partial charge in [0.05, 0.1) is 18.1 Å². The highest BCUT2D eigenvalue weighted by molar-refractivity contribution is 6.08. The van der Waals surface area contributed by atoms with Crippen LogP contribution in [0.5, 0.6) is 0 Å². The Morgan fingerprint density at radius 1 is 0.971 bits per heavy atom. The molecule has 0 spiro atoms. The Morgan fingerprint density at radius 2 is 1.71 bits per heavy atom. The van der Waals surface area contributed by atoms with Crippen LogP contribution in [0.3, 0.4) is 0 Å². The van der Waals surface area contributed by atoms with Crippen molar-refractivity contribution in [3.8, 4) is 11.3 Å². The quantitative estimate of drug-likeness (QED) is 0.303. The second-order valence-electron chi connectivity index (χ2n) is 8.60. The molecule has 0 fully saturated rings. The van der Waals surface area contributed by atoms with Gasteiger partial charge in [-0.3, -0.25) is 9.78 Å². The number of aromatic nitrogens is 3. The lowest BCUT2D eigenvalue weighted by molar-refractivity contribution is -0.138. The Kier molecular flexibility index (Phi) is 6.16. The molecule has 5 rings (SSSR count). The van der Waals surface area contributed by atoms with Gasteiger partial charge in [0.2, 0.25) is 0 Å². The maximum atomic E-state index is 10.9. The van der Waals surface area contributed by atoms with Crippen molar-refractivity contribution in [2.75, 3.05) is 5.32 Å². The van der Waals surface area contributed by atoms with Crippen LogP contribution in [0, 0.1) is 0 Å². The Bertz CT molecular complexity index is 1490. The fourth-order valence-electron chi connectivity index (χ4n) is 4.47. The summed E-state index contributed by atoms with van der Waals surface area (Å²) >= 11 is 0. The molecule has 0 aliphatic carbocycles. The Morgan fingerprint density at radius 3 is 2.43 bits per heavy atom. The van der Waals surface area contributed by atoms with Crippen LogP contribution < -0.4 is 11.1 Å². The van der Waals surface area contributed by atoms with Gasteiger partial charge in [-0.05, 0) is 42.7 Å². The van der Waals surface area contributed by atoms with Gasteiger partial charge in [0.25, 0.3) is 0 Å². The van der Waals surface area contributed by atoms with Gasteiger partial charge < -0.3 is 20.7 Å². The van der Waals surface area contributed by atoms with Gasteiger partial charge in [-0.2, -0.15) is 0 Å². The molecular formula is C28H27N5O2. The third kappa shape index (κ3) is 4.58. The fourth-order valence-corrected chi connectivity index (χ4v) is 4.47. The molecule has 0 aliphatic rings. The van der Waals surface area contributed by atoms with Crippen LogP contribution in [0.1, 0.15) is 18.1 Å². The first kappa shape index (κ1) is 22.6. The van der Waals surface area contributed by atoms with Crippen LogP contribution in [0.25, 0.3) is 33.1 Å². The number of hydrogen-bond acceptors (Lipinski definition) is 5. The number of nitrogens with two attached hydrogens (primary N) is 1.